The van der Waals surface area contributed by atoms with Crippen LogP contribution < -0.4 is 0 Å². The fourth-order valence-corrected chi connectivity index (χ4v) is 2.17. The van der Waals surface area contributed by atoms with Gasteiger partial charge in [-0.1, -0.05) is 48.5 Å². The Morgan fingerprint density at radius 2 is 1.71 bits per heavy atom. The summed E-state index contributed by atoms with van der Waals surface area (Å²) in [6, 6.07) is 16.6. The summed E-state index contributed by atoms with van der Waals surface area (Å²) in [6.45, 7) is 2.00. The summed E-state index contributed by atoms with van der Waals surface area (Å²) in [5, 5.41) is 10.5. The maximum absolute atomic E-state index is 4.14. The van der Waals surface area contributed by atoms with Gasteiger partial charge in [0.05, 0.1) is 11.9 Å². The molecular weight excluding hydrogens is 208 g/mol. The largest absolute Gasteiger partial charge is 0.158 e. The molecule has 0 unspecified atom stereocenters. The van der Waals surface area contributed by atoms with Crippen LogP contribution in [0.25, 0.3) is 21.9 Å². The number of fused-ring (bicyclic) bond motifs is 1. The summed E-state index contributed by atoms with van der Waals surface area (Å²) in [6.07, 6.45) is 1.81. The van der Waals surface area contributed by atoms with Crippen LogP contribution in [0.2, 0.25) is 0 Å². The van der Waals surface area contributed by atoms with Crippen molar-refractivity contribution < 1.29 is 0 Å². The molecule has 1 aromatic heterocycles. The first-order valence-electron chi connectivity index (χ1n) is 5.63. The van der Waals surface area contributed by atoms with Crippen molar-refractivity contribution >= 4 is 10.8 Å². The van der Waals surface area contributed by atoms with E-state index in [4.69, 9.17) is 0 Å². The molecule has 0 fully saturated rings. The molecule has 0 saturated carbocycles. The van der Waals surface area contributed by atoms with Crippen molar-refractivity contribution in [2.24, 2.45) is 0 Å². The Morgan fingerprint density at radius 3 is 2.53 bits per heavy atom. The van der Waals surface area contributed by atoms with Gasteiger partial charge >= 0.3 is 0 Å². The van der Waals surface area contributed by atoms with Crippen LogP contribution in [0.5, 0.6) is 0 Å². The third kappa shape index (κ3) is 1.68. The molecule has 0 saturated heterocycles. The highest BCUT2D eigenvalue weighted by atomic mass is 15.1. The van der Waals surface area contributed by atoms with Gasteiger partial charge in [0.15, 0.2) is 0 Å². The van der Waals surface area contributed by atoms with Crippen molar-refractivity contribution in [1.82, 2.24) is 10.2 Å². The minimum Gasteiger partial charge on any atom is -0.158 e. The molecule has 0 spiro atoms. The van der Waals surface area contributed by atoms with Gasteiger partial charge in [0.2, 0.25) is 0 Å². The second-order valence-corrected chi connectivity index (χ2v) is 4.07. The molecule has 0 bridgehead atoms. The van der Waals surface area contributed by atoms with Crippen molar-refractivity contribution in [2.75, 3.05) is 0 Å². The molecule has 0 N–H and O–H groups in total. The number of aromatic nitrogens is 2. The number of benzene rings is 2. The molecule has 0 amide bonds. The van der Waals surface area contributed by atoms with E-state index in [9.17, 15) is 0 Å². The number of hydrogen-bond acceptors (Lipinski definition) is 2. The Bertz CT molecular complexity index is 655. The molecular formula is C15H12N2. The lowest BCUT2D eigenvalue weighted by Crippen LogP contribution is -1.90. The molecule has 2 heteroatoms. The second-order valence-electron chi connectivity index (χ2n) is 4.07. The van der Waals surface area contributed by atoms with Crippen LogP contribution in [0.4, 0.5) is 0 Å². The third-order valence-electron chi connectivity index (χ3n) is 2.95. The Labute approximate surface area is 99.9 Å². The fourth-order valence-electron chi connectivity index (χ4n) is 2.17. The van der Waals surface area contributed by atoms with Crippen LogP contribution in [0.3, 0.4) is 0 Å². The van der Waals surface area contributed by atoms with Gasteiger partial charge in [-0.2, -0.15) is 10.2 Å². The van der Waals surface area contributed by atoms with Gasteiger partial charge in [0.25, 0.3) is 0 Å². The van der Waals surface area contributed by atoms with Crippen LogP contribution in [-0.4, -0.2) is 10.2 Å². The highest BCUT2D eigenvalue weighted by Crippen LogP contribution is 2.29. The van der Waals surface area contributed by atoms with E-state index in [2.05, 4.69) is 52.7 Å². The van der Waals surface area contributed by atoms with Gasteiger partial charge in [-0.3, -0.25) is 0 Å². The van der Waals surface area contributed by atoms with Gasteiger partial charge in [-0.05, 0) is 18.1 Å². The number of aryl methyl sites for hydroxylation is 1. The topological polar surface area (TPSA) is 25.8 Å². The van der Waals surface area contributed by atoms with E-state index in [-0.39, 0.29) is 0 Å². The third-order valence-corrected chi connectivity index (χ3v) is 2.95. The SMILES string of the molecule is Cc1nncc2cccc(-c3ccccc3)c12. The quantitative estimate of drug-likeness (QED) is 0.626. The second kappa shape index (κ2) is 3.98. The number of nitrogens with zero attached hydrogens (tertiary/aromatic N) is 2. The Hall–Kier alpha value is -2.22. The van der Waals surface area contributed by atoms with Crippen LogP contribution in [0, 0.1) is 6.92 Å². The van der Waals surface area contributed by atoms with E-state index in [0.29, 0.717) is 0 Å². The number of rotatable bonds is 1. The zero-order valence-corrected chi connectivity index (χ0v) is 9.59. The summed E-state index contributed by atoms with van der Waals surface area (Å²) >= 11 is 0. The molecule has 2 aromatic carbocycles. The van der Waals surface area contributed by atoms with Gasteiger partial charge < -0.3 is 0 Å². The van der Waals surface area contributed by atoms with Crippen molar-refractivity contribution in [2.45, 2.75) is 6.92 Å². The Balaban J connectivity index is 2.38. The van der Waals surface area contributed by atoms with Gasteiger partial charge in [-0.15, -0.1) is 0 Å². The lowest BCUT2D eigenvalue weighted by Gasteiger charge is -2.07. The first-order chi connectivity index (χ1) is 8.36. The zero-order chi connectivity index (χ0) is 11.7. The van der Waals surface area contributed by atoms with Crippen molar-refractivity contribution in [3.63, 3.8) is 0 Å². The zero-order valence-electron chi connectivity index (χ0n) is 9.59. The molecule has 1 heterocycles. The first-order valence-corrected chi connectivity index (χ1v) is 5.63. The molecule has 3 rings (SSSR count). The average Bonchev–Trinajstić information content (AvgIpc) is 2.39. The summed E-state index contributed by atoms with van der Waals surface area (Å²) in [5.74, 6) is 0. The minimum atomic E-state index is 0.974. The predicted molar refractivity (Wildman–Crippen MR) is 69.7 cm³/mol. The molecule has 2 nitrogen and oxygen atoms in total. The van der Waals surface area contributed by atoms with Gasteiger partial charge in [0.1, 0.15) is 0 Å². The highest BCUT2D eigenvalue weighted by Gasteiger charge is 2.06. The summed E-state index contributed by atoms with van der Waals surface area (Å²) < 4.78 is 0. The maximum atomic E-state index is 4.14. The fraction of sp³-hybridized carbons (Fsp3) is 0.0667. The summed E-state index contributed by atoms with van der Waals surface area (Å²) in [5.41, 5.74) is 3.41. The smallest absolute Gasteiger partial charge is 0.0684 e. The van der Waals surface area contributed by atoms with E-state index in [1.165, 1.54) is 16.5 Å². The lowest BCUT2D eigenvalue weighted by atomic mass is 9.98. The first kappa shape index (κ1) is 9.97. The van der Waals surface area contributed by atoms with Crippen molar-refractivity contribution in [3.8, 4) is 11.1 Å². The summed E-state index contributed by atoms with van der Waals surface area (Å²) in [7, 11) is 0. The molecule has 0 radical (unpaired) electrons. The van der Waals surface area contributed by atoms with Gasteiger partial charge in [-0.25, -0.2) is 0 Å². The van der Waals surface area contributed by atoms with Crippen LogP contribution >= 0.6 is 0 Å². The maximum Gasteiger partial charge on any atom is 0.0684 e. The molecule has 0 aliphatic rings. The Kier molecular flexibility index (Phi) is 2.33. The normalized spacial score (nSPS) is 10.6. The molecule has 0 aliphatic carbocycles. The van der Waals surface area contributed by atoms with E-state index < -0.39 is 0 Å². The van der Waals surface area contributed by atoms with E-state index in [0.717, 1.165) is 11.1 Å². The van der Waals surface area contributed by atoms with E-state index >= 15 is 0 Å². The molecule has 0 aliphatic heterocycles. The highest BCUT2D eigenvalue weighted by molar-refractivity contribution is 5.97. The molecule has 82 valence electrons. The van der Waals surface area contributed by atoms with E-state index in [1.807, 2.05) is 19.2 Å². The van der Waals surface area contributed by atoms with Crippen LogP contribution in [0.1, 0.15) is 5.69 Å². The Morgan fingerprint density at radius 1 is 0.882 bits per heavy atom. The van der Waals surface area contributed by atoms with Crippen molar-refractivity contribution in [1.29, 1.82) is 0 Å². The monoisotopic (exact) mass is 220 g/mol. The average molecular weight is 220 g/mol. The molecule has 17 heavy (non-hydrogen) atoms. The minimum absolute atomic E-state index is 0.974. The molecule has 0 atom stereocenters. The standard InChI is InChI=1S/C15H12N2/c1-11-15-13(10-16-17-11)8-5-9-14(15)12-6-3-2-4-7-12/h2-10H,1H3. The van der Waals surface area contributed by atoms with Crippen LogP contribution in [-0.2, 0) is 0 Å². The van der Waals surface area contributed by atoms with E-state index in [1.54, 1.807) is 0 Å². The molecule has 3 aromatic rings. The van der Waals surface area contributed by atoms with Crippen LogP contribution in [0.15, 0.2) is 54.7 Å². The lowest BCUT2D eigenvalue weighted by molar-refractivity contribution is 1.00. The van der Waals surface area contributed by atoms with Gasteiger partial charge in [0, 0.05) is 10.8 Å². The summed E-state index contributed by atoms with van der Waals surface area (Å²) in [4.78, 5) is 0. The number of hydrogen-bond donors (Lipinski definition) is 0. The predicted octanol–water partition coefficient (Wildman–Crippen LogP) is 3.61. The van der Waals surface area contributed by atoms with Crippen molar-refractivity contribution in [3.05, 3.63) is 60.4 Å².